The number of nitrogens with one attached hydrogen (secondary N) is 1. The highest BCUT2D eigenvalue weighted by molar-refractivity contribution is 6.05. The summed E-state index contributed by atoms with van der Waals surface area (Å²) in [5, 5.41) is 11.3. The molecule has 0 bridgehead atoms. The van der Waals surface area contributed by atoms with Crippen molar-refractivity contribution < 1.29 is 14.3 Å². The maximum atomic E-state index is 12.6. The summed E-state index contributed by atoms with van der Waals surface area (Å²) in [5.41, 5.74) is 3.82. The van der Waals surface area contributed by atoms with Gasteiger partial charge in [-0.1, -0.05) is 17.3 Å². The van der Waals surface area contributed by atoms with Crippen LogP contribution in [-0.2, 0) is 6.54 Å². The summed E-state index contributed by atoms with van der Waals surface area (Å²) in [7, 11) is 3.24. The molecule has 0 aliphatic heterocycles. The third kappa shape index (κ3) is 4.03. The minimum Gasteiger partial charge on any atom is -0.497 e. The van der Waals surface area contributed by atoms with E-state index in [9.17, 15) is 4.79 Å². The van der Waals surface area contributed by atoms with Gasteiger partial charge in [0.25, 0.3) is 5.91 Å². The van der Waals surface area contributed by atoms with E-state index in [4.69, 9.17) is 9.47 Å². The standard InChI is InChI=1S/C22H20N4O3/c1-28-18-8-3-15(4-9-18)14-26-21-12-5-16(13-20(21)24-25-26)22(27)23-17-6-10-19(29-2)11-7-17/h3-13H,14H2,1-2H3,(H,23,27). The number of methoxy groups -OCH3 is 2. The van der Waals surface area contributed by atoms with Crippen LogP contribution in [0.5, 0.6) is 11.5 Å². The number of carbonyl (C=O) groups is 1. The molecule has 29 heavy (non-hydrogen) atoms. The van der Waals surface area contributed by atoms with Gasteiger partial charge >= 0.3 is 0 Å². The van der Waals surface area contributed by atoms with Gasteiger partial charge in [0.15, 0.2) is 0 Å². The number of carbonyl (C=O) groups excluding carboxylic acids is 1. The number of benzene rings is 3. The van der Waals surface area contributed by atoms with E-state index in [1.165, 1.54) is 0 Å². The zero-order chi connectivity index (χ0) is 20.2. The van der Waals surface area contributed by atoms with Gasteiger partial charge in [-0.15, -0.1) is 5.10 Å². The summed E-state index contributed by atoms with van der Waals surface area (Å²) in [6.07, 6.45) is 0. The monoisotopic (exact) mass is 388 g/mol. The second-order valence-electron chi connectivity index (χ2n) is 6.48. The fraction of sp³-hybridized carbons (Fsp3) is 0.136. The van der Waals surface area contributed by atoms with Crippen LogP contribution in [-0.4, -0.2) is 35.1 Å². The molecular formula is C22H20N4O3. The van der Waals surface area contributed by atoms with Gasteiger partial charge in [0.2, 0.25) is 0 Å². The molecule has 0 spiro atoms. The molecule has 4 rings (SSSR count). The average molecular weight is 388 g/mol. The fourth-order valence-corrected chi connectivity index (χ4v) is 3.01. The summed E-state index contributed by atoms with van der Waals surface area (Å²) in [6, 6.07) is 20.4. The van der Waals surface area contributed by atoms with Crippen LogP contribution in [0.1, 0.15) is 15.9 Å². The maximum Gasteiger partial charge on any atom is 0.255 e. The van der Waals surface area contributed by atoms with E-state index >= 15 is 0 Å². The Labute approximate surface area is 167 Å². The van der Waals surface area contributed by atoms with Gasteiger partial charge in [-0.05, 0) is 60.2 Å². The third-order valence-electron chi connectivity index (χ3n) is 4.62. The van der Waals surface area contributed by atoms with Gasteiger partial charge in [-0.2, -0.15) is 0 Å². The first kappa shape index (κ1) is 18.5. The lowest BCUT2D eigenvalue weighted by Gasteiger charge is -2.07. The topological polar surface area (TPSA) is 78.3 Å². The third-order valence-corrected chi connectivity index (χ3v) is 4.62. The molecule has 0 radical (unpaired) electrons. The number of anilines is 1. The van der Waals surface area contributed by atoms with E-state index < -0.39 is 0 Å². The highest BCUT2D eigenvalue weighted by Gasteiger charge is 2.11. The van der Waals surface area contributed by atoms with Crippen LogP contribution in [0, 0.1) is 0 Å². The predicted octanol–water partition coefficient (Wildman–Crippen LogP) is 3.75. The van der Waals surface area contributed by atoms with Gasteiger partial charge in [-0.25, -0.2) is 4.68 Å². The van der Waals surface area contributed by atoms with Crippen molar-refractivity contribution >= 4 is 22.6 Å². The molecule has 0 saturated heterocycles. The fourth-order valence-electron chi connectivity index (χ4n) is 3.01. The lowest BCUT2D eigenvalue weighted by atomic mass is 10.1. The van der Waals surface area contributed by atoms with Crippen LogP contribution in [0.25, 0.3) is 11.0 Å². The Morgan fingerprint density at radius 1 is 0.931 bits per heavy atom. The number of hydrogen-bond donors (Lipinski definition) is 1. The molecule has 7 heteroatoms. The molecule has 0 fully saturated rings. The molecule has 7 nitrogen and oxygen atoms in total. The van der Waals surface area contributed by atoms with Crippen LogP contribution < -0.4 is 14.8 Å². The largest absolute Gasteiger partial charge is 0.497 e. The molecule has 0 aliphatic rings. The summed E-state index contributed by atoms with van der Waals surface area (Å²) in [4.78, 5) is 12.6. The second kappa shape index (κ2) is 8.02. The van der Waals surface area contributed by atoms with E-state index in [0.717, 1.165) is 22.6 Å². The SMILES string of the molecule is COc1ccc(Cn2nnc3cc(C(=O)Nc4ccc(OC)cc4)ccc32)cc1. The molecule has 1 heterocycles. The number of amides is 1. The van der Waals surface area contributed by atoms with Gasteiger partial charge in [0, 0.05) is 11.3 Å². The summed E-state index contributed by atoms with van der Waals surface area (Å²) in [6.45, 7) is 0.581. The number of hydrogen-bond acceptors (Lipinski definition) is 5. The number of ether oxygens (including phenoxy) is 2. The minimum absolute atomic E-state index is 0.207. The Morgan fingerprint density at radius 2 is 1.59 bits per heavy atom. The van der Waals surface area contributed by atoms with Gasteiger partial charge < -0.3 is 14.8 Å². The molecule has 1 amide bonds. The number of nitrogens with zero attached hydrogens (tertiary/aromatic N) is 3. The molecule has 0 aliphatic carbocycles. The van der Waals surface area contributed by atoms with Crippen molar-refractivity contribution in [3.8, 4) is 11.5 Å². The van der Waals surface area contributed by atoms with Crippen molar-refractivity contribution in [3.05, 3.63) is 77.9 Å². The Morgan fingerprint density at radius 3 is 2.24 bits per heavy atom. The molecule has 0 saturated carbocycles. The molecule has 0 atom stereocenters. The zero-order valence-corrected chi connectivity index (χ0v) is 16.1. The van der Waals surface area contributed by atoms with Crippen molar-refractivity contribution in [1.29, 1.82) is 0 Å². The van der Waals surface area contributed by atoms with E-state index in [1.807, 2.05) is 35.0 Å². The minimum atomic E-state index is -0.207. The molecule has 3 aromatic carbocycles. The van der Waals surface area contributed by atoms with E-state index in [-0.39, 0.29) is 5.91 Å². The quantitative estimate of drug-likeness (QED) is 0.544. The van der Waals surface area contributed by atoms with Crippen molar-refractivity contribution in [2.45, 2.75) is 6.54 Å². The Balaban J connectivity index is 1.51. The molecule has 4 aromatic rings. The Bertz CT molecular complexity index is 1140. The van der Waals surface area contributed by atoms with Crippen LogP contribution in [0.2, 0.25) is 0 Å². The average Bonchev–Trinajstić information content (AvgIpc) is 3.16. The molecule has 1 aromatic heterocycles. The summed E-state index contributed by atoms with van der Waals surface area (Å²) < 4.78 is 12.1. The van der Waals surface area contributed by atoms with Gasteiger partial charge in [-0.3, -0.25) is 4.79 Å². The lowest BCUT2D eigenvalue weighted by Crippen LogP contribution is -2.11. The van der Waals surface area contributed by atoms with Crippen LogP contribution in [0.15, 0.2) is 66.7 Å². The maximum absolute atomic E-state index is 12.6. The summed E-state index contributed by atoms with van der Waals surface area (Å²) in [5.74, 6) is 1.34. The van der Waals surface area contributed by atoms with Crippen LogP contribution in [0.3, 0.4) is 0 Å². The molecule has 0 unspecified atom stereocenters. The first-order chi connectivity index (χ1) is 14.2. The van der Waals surface area contributed by atoms with Crippen molar-refractivity contribution in [2.75, 3.05) is 19.5 Å². The van der Waals surface area contributed by atoms with E-state index in [2.05, 4.69) is 15.6 Å². The highest BCUT2D eigenvalue weighted by Crippen LogP contribution is 2.19. The van der Waals surface area contributed by atoms with E-state index in [1.54, 1.807) is 50.6 Å². The van der Waals surface area contributed by atoms with Crippen LogP contribution in [0.4, 0.5) is 5.69 Å². The van der Waals surface area contributed by atoms with E-state index in [0.29, 0.717) is 23.3 Å². The first-order valence-corrected chi connectivity index (χ1v) is 9.08. The van der Waals surface area contributed by atoms with Crippen molar-refractivity contribution in [1.82, 2.24) is 15.0 Å². The van der Waals surface area contributed by atoms with Crippen molar-refractivity contribution in [3.63, 3.8) is 0 Å². The second-order valence-corrected chi connectivity index (χ2v) is 6.48. The predicted molar refractivity (Wildman–Crippen MR) is 111 cm³/mol. The smallest absolute Gasteiger partial charge is 0.255 e. The number of rotatable bonds is 6. The normalized spacial score (nSPS) is 10.7. The Hall–Kier alpha value is -3.87. The van der Waals surface area contributed by atoms with Crippen molar-refractivity contribution in [2.24, 2.45) is 0 Å². The van der Waals surface area contributed by atoms with Crippen LogP contribution >= 0.6 is 0 Å². The highest BCUT2D eigenvalue weighted by atomic mass is 16.5. The summed E-state index contributed by atoms with van der Waals surface area (Å²) >= 11 is 0. The lowest BCUT2D eigenvalue weighted by molar-refractivity contribution is 0.102. The number of fused-ring (bicyclic) bond motifs is 1. The molecule has 146 valence electrons. The number of aromatic nitrogens is 3. The Kier molecular flexibility index (Phi) is 5.11. The molecular weight excluding hydrogens is 368 g/mol. The van der Waals surface area contributed by atoms with Gasteiger partial charge in [0.1, 0.15) is 17.0 Å². The van der Waals surface area contributed by atoms with Gasteiger partial charge in [0.05, 0.1) is 26.3 Å². The molecule has 1 N–H and O–H groups in total. The zero-order valence-electron chi connectivity index (χ0n) is 16.1. The first-order valence-electron chi connectivity index (χ1n) is 9.08.